The molecule has 0 unspecified atom stereocenters. The van der Waals surface area contributed by atoms with Crippen LogP contribution in [0.1, 0.15) is 31.9 Å². The van der Waals surface area contributed by atoms with Crippen molar-refractivity contribution >= 4 is 11.6 Å². The van der Waals surface area contributed by atoms with Gasteiger partial charge in [0.25, 0.3) is 5.91 Å². The van der Waals surface area contributed by atoms with Gasteiger partial charge < -0.3 is 24.3 Å². The average molecular weight is 416 g/mol. The van der Waals surface area contributed by atoms with Crippen LogP contribution < -0.4 is 24.3 Å². The summed E-state index contributed by atoms with van der Waals surface area (Å²) in [5.41, 5.74) is 0.218. The Labute approximate surface area is 174 Å². The SMILES string of the molecule is COc1ccc2c(c1)OC(C)(C)C[C@H]2NC(=O)COc1ccc([N+](=O)[O-])c(OC)c1. The molecule has 1 atom stereocenters. The van der Waals surface area contributed by atoms with E-state index in [0.717, 1.165) is 5.56 Å². The van der Waals surface area contributed by atoms with Crippen LogP contribution in [0, 0.1) is 10.1 Å². The summed E-state index contributed by atoms with van der Waals surface area (Å²) in [5.74, 6) is 1.37. The van der Waals surface area contributed by atoms with E-state index in [9.17, 15) is 14.9 Å². The molecule has 0 fully saturated rings. The molecule has 9 heteroatoms. The highest BCUT2D eigenvalue weighted by Gasteiger charge is 2.34. The van der Waals surface area contributed by atoms with Gasteiger partial charge in [0.15, 0.2) is 6.61 Å². The predicted molar refractivity (Wildman–Crippen MR) is 108 cm³/mol. The number of nitrogens with one attached hydrogen (secondary N) is 1. The first-order valence-corrected chi connectivity index (χ1v) is 9.34. The molecule has 1 amide bonds. The van der Waals surface area contributed by atoms with Crippen LogP contribution in [-0.4, -0.2) is 37.3 Å². The number of carbonyl (C=O) groups excluding carboxylic acids is 1. The fourth-order valence-corrected chi connectivity index (χ4v) is 3.37. The van der Waals surface area contributed by atoms with Gasteiger partial charge in [-0.2, -0.15) is 0 Å². The van der Waals surface area contributed by atoms with Crippen molar-refractivity contribution in [1.82, 2.24) is 5.32 Å². The van der Waals surface area contributed by atoms with Gasteiger partial charge in [-0.05, 0) is 32.0 Å². The fraction of sp³-hybridized carbons (Fsp3) is 0.381. The third kappa shape index (κ3) is 4.73. The van der Waals surface area contributed by atoms with Crippen LogP contribution in [-0.2, 0) is 4.79 Å². The molecular weight excluding hydrogens is 392 g/mol. The Morgan fingerprint density at radius 1 is 1.20 bits per heavy atom. The number of nitro groups is 1. The van der Waals surface area contributed by atoms with Crippen LogP contribution in [0.4, 0.5) is 5.69 Å². The summed E-state index contributed by atoms with van der Waals surface area (Å²) in [5, 5.41) is 13.9. The van der Waals surface area contributed by atoms with E-state index in [4.69, 9.17) is 18.9 Å². The normalized spacial score (nSPS) is 16.6. The number of methoxy groups -OCH3 is 2. The smallest absolute Gasteiger partial charge is 0.311 e. The molecule has 1 aliphatic heterocycles. The van der Waals surface area contributed by atoms with E-state index in [1.165, 1.54) is 25.3 Å². The summed E-state index contributed by atoms with van der Waals surface area (Å²) in [7, 11) is 2.91. The van der Waals surface area contributed by atoms with Crippen molar-refractivity contribution < 1.29 is 28.7 Å². The first kappa shape index (κ1) is 21.2. The molecule has 30 heavy (non-hydrogen) atoms. The zero-order valence-electron chi connectivity index (χ0n) is 17.3. The van der Waals surface area contributed by atoms with Crippen LogP contribution in [0.3, 0.4) is 0 Å². The predicted octanol–water partition coefficient (Wildman–Crippen LogP) is 3.41. The molecule has 0 spiro atoms. The summed E-state index contributed by atoms with van der Waals surface area (Å²) in [6.45, 7) is 3.66. The molecule has 160 valence electrons. The Hall–Kier alpha value is -3.49. The monoisotopic (exact) mass is 416 g/mol. The molecular formula is C21H24N2O7. The first-order chi connectivity index (χ1) is 14.2. The summed E-state index contributed by atoms with van der Waals surface area (Å²) in [4.78, 5) is 22.9. The highest BCUT2D eigenvalue weighted by molar-refractivity contribution is 5.78. The largest absolute Gasteiger partial charge is 0.497 e. The Bertz CT molecular complexity index is 958. The maximum atomic E-state index is 12.5. The minimum atomic E-state index is -0.547. The summed E-state index contributed by atoms with van der Waals surface area (Å²) < 4.78 is 21.8. The summed E-state index contributed by atoms with van der Waals surface area (Å²) in [6, 6.07) is 9.32. The van der Waals surface area contributed by atoms with Gasteiger partial charge in [0.1, 0.15) is 22.8 Å². The highest BCUT2D eigenvalue weighted by atomic mass is 16.6. The molecule has 9 nitrogen and oxygen atoms in total. The van der Waals surface area contributed by atoms with Crippen molar-refractivity contribution in [1.29, 1.82) is 0 Å². The molecule has 1 heterocycles. The van der Waals surface area contributed by atoms with Gasteiger partial charge in [-0.3, -0.25) is 14.9 Å². The lowest BCUT2D eigenvalue weighted by molar-refractivity contribution is -0.385. The number of ether oxygens (including phenoxy) is 4. The summed E-state index contributed by atoms with van der Waals surface area (Å²) in [6.07, 6.45) is 0.587. The zero-order chi connectivity index (χ0) is 21.9. The Balaban J connectivity index is 1.69. The van der Waals surface area contributed by atoms with Crippen molar-refractivity contribution in [3.8, 4) is 23.0 Å². The van der Waals surface area contributed by atoms with Crippen LogP contribution in [0.25, 0.3) is 0 Å². The number of hydrogen-bond donors (Lipinski definition) is 1. The lowest BCUT2D eigenvalue weighted by atomic mass is 9.89. The number of nitrogens with zero attached hydrogens (tertiary/aromatic N) is 1. The van der Waals surface area contributed by atoms with Crippen LogP contribution in [0.5, 0.6) is 23.0 Å². The van der Waals surface area contributed by atoms with Gasteiger partial charge in [0, 0.05) is 30.2 Å². The van der Waals surface area contributed by atoms with Gasteiger partial charge in [0.05, 0.1) is 25.2 Å². The maximum absolute atomic E-state index is 12.5. The molecule has 0 bridgehead atoms. The van der Waals surface area contributed by atoms with E-state index in [2.05, 4.69) is 5.32 Å². The molecule has 0 radical (unpaired) electrons. The lowest BCUT2D eigenvalue weighted by Crippen LogP contribution is -2.42. The topological polar surface area (TPSA) is 109 Å². The van der Waals surface area contributed by atoms with Crippen molar-refractivity contribution in [3.05, 3.63) is 52.1 Å². The standard InChI is InChI=1S/C21H24N2O7/c1-21(2)11-16(15-7-5-13(27-3)9-18(15)30-21)22-20(24)12-29-14-6-8-17(23(25)26)19(10-14)28-4/h5-10,16H,11-12H2,1-4H3,(H,22,24)/t16-/m1/s1. The molecule has 2 aromatic carbocycles. The second-order valence-corrected chi connectivity index (χ2v) is 7.47. The molecule has 0 saturated carbocycles. The van der Waals surface area contributed by atoms with Crippen LogP contribution in [0.15, 0.2) is 36.4 Å². The van der Waals surface area contributed by atoms with E-state index in [1.54, 1.807) is 13.2 Å². The molecule has 0 aliphatic carbocycles. The second kappa shape index (κ2) is 8.48. The van der Waals surface area contributed by atoms with Gasteiger partial charge in [-0.15, -0.1) is 0 Å². The summed E-state index contributed by atoms with van der Waals surface area (Å²) >= 11 is 0. The first-order valence-electron chi connectivity index (χ1n) is 9.34. The molecule has 1 N–H and O–H groups in total. The van der Waals surface area contributed by atoms with Crippen molar-refractivity contribution in [2.45, 2.75) is 31.9 Å². The van der Waals surface area contributed by atoms with Crippen LogP contribution in [0.2, 0.25) is 0 Å². The third-order valence-corrected chi connectivity index (χ3v) is 4.73. The van der Waals surface area contributed by atoms with Crippen molar-refractivity contribution in [2.24, 2.45) is 0 Å². The van der Waals surface area contributed by atoms with E-state index in [0.29, 0.717) is 23.7 Å². The van der Waals surface area contributed by atoms with Gasteiger partial charge in [-0.25, -0.2) is 0 Å². The number of hydrogen-bond acceptors (Lipinski definition) is 7. The van der Waals surface area contributed by atoms with E-state index in [1.807, 2.05) is 26.0 Å². The average Bonchev–Trinajstić information content (AvgIpc) is 2.70. The number of benzene rings is 2. The molecule has 1 aliphatic rings. The number of nitro benzene ring substituents is 1. The quantitative estimate of drug-likeness (QED) is 0.544. The van der Waals surface area contributed by atoms with Crippen molar-refractivity contribution in [2.75, 3.05) is 20.8 Å². The van der Waals surface area contributed by atoms with Crippen LogP contribution >= 0.6 is 0 Å². The second-order valence-electron chi connectivity index (χ2n) is 7.47. The molecule has 0 saturated heterocycles. The van der Waals surface area contributed by atoms with Crippen molar-refractivity contribution in [3.63, 3.8) is 0 Å². The van der Waals surface area contributed by atoms with E-state index >= 15 is 0 Å². The molecule has 0 aromatic heterocycles. The number of fused-ring (bicyclic) bond motifs is 1. The fourth-order valence-electron chi connectivity index (χ4n) is 3.37. The number of rotatable bonds is 7. The Morgan fingerprint density at radius 3 is 2.60 bits per heavy atom. The number of amides is 1. The number of carbonyl (C=O) groups is 1. The maximum Gasteiger partial charge on any atom is 0.311 e. The highest BCUT2D eigenvalue weighted by Crippen LogP contribution is 2.41. The third-order valence-electron chi connectivity index (χ3n) is 4.73. The Morgan fingerprint density at radius 2 is 1.93 bits per heavy atom. The minimum absolute atomic E-state index is 0.0620. The minimum Gasteiger partial charge on any atom is -0.497 e. The van der Waals surface area contributed by atoms with Gasteiger partial charge in [-0.1, -0.05) is 0 Å². The molecule has 3 rings (SSSR count). The Kier molecular flexibility index (Phi) is 6.00. The van der Waals surface area contributed by atoms with E-state index < -0.39 is 10.5 Å². The molecule has 2 aromatic rings. The zero-order valence-corrected chi connectivity index (χ0v) is 17.3. The van der Waals surface area contributed by atoms with E-state index in [-0.39, 0.29) is 30.0 Å². The van der Waals surface area contributed by atoms with Gasteiger partial charge >= 0.3 is 5.69 Å². The van der Waals surface area contributed by atoms with Gasteiger partial charge in [0.2, 0.25) is 5.75 Å². The lowest BCUT2D eigenvalue weighted by Gasteiger charge is -2.38.